The van der Waals surface area contributed by atoms with Crippen molar-refractivity contribution in [3.8, 4) is 23.2 Å². The fourth-order valence-electron chi connectivity index (χ4n) is 5.97. The summed E-state index contributed by atoms with van der Waals surface area (Å²) < 4.78 is 31.7. The topological polar surface area (TPSA) is 147 Å². The maximum absolute atomic E-state index is 12.6. The van der Waals surface area contributed by atoms with Crippen LogP contribution in [0, 0.1) is 11.8 Å². The van der Waals surface area contributed by atoms with Crippen LogP contribution in [0.1, 0.15) is 62.1 Å². The first kappa shape index (κ1) is 32.2. The molecule has 0 spiro atoms. The first-order chi connectivity index (χ1) is 23.2. The van der Waals surface area contributed by atoms with Crippen molar-refractivity contribution in [2.75, 3.05) is 36.9 Å². The Morgan fingerprint density at radius 2 is 1.77 bits per heavy atom. The van der Waals surface area contributed by atoms with Crippen molar-refractivity contribution in [3.05, 3.63) is 77.9 Å². The molecule has 3 fully saturated rings. The van der Waals surface area contributed by atoms with E-state index < -0.39 is 15.6 Å². The zero-order chi connectivity index (χ0) is 33.1. The molecular formula is C35H40N8O4S. The summed E-state index contributed by atoms with van der Waals surface area (Å²) in [6, 6.07) is 12.2. The smallest absolute Gasteiger partial charge is 0.256 e. The van der Waals surface area contributed by atoms with Gasteiger partial charge in [-0.15, -0.1) is 0 Å². The average molecular weight is 669 g/mol. The third kappa shape index (κ3) is 7.85. The maximum atomic E-state index is 12.6. The molecule has 0 bridgehead atoms. The zero-order valence-corrected chi connectivity index (χ0v) is 27.8. The van der Waals surface area contributed by atoms with E-state index in [1.54, 1.807) is 18.5 Å². The Kier molecular flexibility index (Phi) is 9.15. The number of hydrogen-bond donors (Lipinski definition) is 3. The van der Waals surface area contributed by atoms with Crippen LogP contribution in [0.25, 0.3) is 11.4 Å². The lowest BCUT2D eigenvalue weighted by atomic mass is 9.83. The SMILES string of the molecule is CC1(O)CCC(Nc2cc(Nc3ccnc(-c4cnn(S(=O)(=O)C5CC5)c4)n3)ncc2C#Cc2ccc(CN3CCOCC3)cc2)CC1. The molecule has 2 aliphatic carbocycles. The van der Waals surface area contributed by atoms with Crippen molar-refractivity contribution < 1.29 is 18.3 Å². The molecule has 13 heteroatoms. The number of hydrogen-bond acceptors (Lipinski definition) is 11. The highest BCUT2D eigenvalue weighted by molar-refractivity contribution is 7.90. The number of benzene rings is 1. The van der Waals surface area contributed by atoms with E-state index in [1.807, 2.05) is 13.0 Å². The highest BCUT2D eigenvalue weighted by Crippen LogP contribution is 2.32. The predicted octanol–water partition coefficient (Wildman–Crippen LogP) is 4.16. The minimum absolute atomic E-state index is 0.189. The molecule has 1 saturated heterocycles. The molecule has 3 aromatic heterocycles. The zero-order valence-electron chi connectivity index (χ0n) is 27.0. The number of nitrogens with zero attached hydrogens (tertiary/aromatic N) is 6. The third-order valence-corrected chi connectivity index (χ3v) is 11.1. The minimum Gasteiger partial charge on any atom is -0.390 e. The lowest BCUT2D eigenvalue weighted by Crippen LogP contribution is -2.35. The molecule has 3 aliphatic rings. The number of pyridine rings is 1. The Balaban J connectivity index is 1.09. The highest BCUT2D eigenvalue weighted by atomic mass is 32.2. The molecule has 12 nitrogen and oxygen atoms in total. The van der Waals surface area contributed by atoms with Crippen molar-refractivity contribution in [2.45, 2.75) is 68.9 Å². The maximum Gasteiger partial charge on any atom is 0.256 e. The summed E-state index contributed by atoms with van der Waals surface area (Å²) in [6.45, 7) is 6.26. The number of morpholine rings is 1. The number of rotatable bonds is 9. The van der Waals surface area contributed by atoms with E-state index in [0.29, 0.717) is 35.9 Å². The Morgan fingerprint density at radius 1 is 1.00 bits per heavy atom. The molecule has 0 unspecified atom stereocenters. The first-order valence-corrected chi connectivity index (χ1v) is 18.0. The van der Waals surface area contributed by atoms with Crippen LogP contribution < -0.4 is 10.6 Å². The van der Waals surface area contributed by atoms with Crippen LogP contribution >= 0.6 is 0 Å². The van der Waals surface area contributed by atoms with Gasteiger partial charge < -0.3 is 20.5 Å². The van der Waals surface area contributed by atoms with Crippen molar-refractivity contribution in [1.82, 2.24) is 29.0 Å². The second-order valence-electron chi connectivity index (χ2n) is 13.1. The monoisotopic (exact) mass is 668 g/mol. The summed E-state index contributed by atoms with van der Waals surface area (Å²) in [6.07, 6.45) is 10.7. The van der Waals surface area contributed by atoms with Crippen LogP contribution in [0.5, 0.6) is 0 Å². The molecule has 48 heavy (non-hydrogen) atoms. The van der Waals surface area contributed by atoms with Gasteiger partial charge in [-0.25, -0.2) is 23.4 Å². The Hall–Kier alpha value is -4.35. The lowest BCUT2D eigenvalue weighted by molar-refractivity contribution is 0.0196. The van der Waals surface area contributed by atoms with Crippen molar-refractivity contribution in [3.63, 3.8) is 0 Å². The Bertz CT molecular complexity index is 1910. The normalized spacial score (nSPS) is 21.7. The van der Waals surface area contributed by atoms with E-state index in [1.165, 1.54) is 18.0 Å². The van der Waals surface area contributed by atoms with Crippen molar-refractivity contribution in [2.24, 2.45) is 0 Å². The van der Waals surface area contributed by atoms with E-state index in [0.717, 1.165) is 79.4 Å². The van der Waals surface area contributed by atoms with Gasteiger partial charge in [0.1, 0.15) is 11.6 Å². The van der Waals surface area contributed by atoms with Crippen LogP contribution in [-0.4, -0.2) is 85.8 Å². The van der Waals surface area contributed by atoms with Crippen molar-refractivity contribution >= 4 is 27.3 Å². The average Bonchev–Trinajstić information content (AvgIpc) is 3.83. The van der Waals surface area contributed by atoms with Crippen LogP contribution in [-0.2, 0) is 21.3 Å². The van der Waals surface area contributed by atoms with Crippen LogP contribution in [0.2, 0.25) is 0 Å². The van der Waals surface area contributed by atoms with Crippen molar-refractivity contribution in [1.29, 1.82) is 0 Å². The van der Waals surface area contributed by atoms with E-state index in [-0.39, 0.29) is 11.3 Å². The predicted molar refractivity (Wildman–Crippen MR) is 183 cm³/mol. The number of aromatic nitrogens is 5. The van der Waals surface area contributed by atoms with Gasteiger partial charge in [-0.2, -0.15) is 9.19 Å². The molecule has 1 aliphatic heterocycles. The van der Waals surface area contributed by atoms with Gasteiger partial charge in [0.05, 0.1) is 53.3 Å². The minimum atomic E-state index is -3.48. The summed E-state index contributed by atoms with van der Waals surface area (Å²) in [5.74, 6) is 8.04. The molecule has 7 rings (SSSR count). The van der Waals surface area contributed by atoms with Gasteiger partial charge >= 0.3 is 0 Å². The first-order valence-electron chi connectivity index (χ1n) is 16.5. The summed E-state index contributed by atoms with van der Waals surface area (Å²) in [4.78, 5) is 16.0. The fourth-order valence-corrected chi connectivity index (χ4v) is 7.45. The molecule has 0 radical (unpaired) electrons. The second-order valence-corrected chi connectivity index (χ2v) is 15.2. The molecule has 2 saturated carbocycles. The van der Waals surface area contributed by atoms with E-state index in [4.69, 9.17) is 4.74 Å². The third-order valence-electron chi connectivity index (χ3n) is 9.07. The van der Waals surface area contributed by atoms with Gasteiger partial charge in [-0.3, -0.25) is 4.90 Å². The molecule has 1 aromatic carbocycles. The Morgan fingerprint density at radius 3 is 2.52 bits per heavy atom. The molecular weight excluding hydrogens is 629 g/mol. The molecule has 4 heterocycles. The van der Waals surface area contributed by atoms with Crippen LogP contribution in [0.3, 0.4) is 0 Å². The quantitative estimate of drug-likeness (QED) is 0.221. The summed E-state index contributed by atoms with van der Waals surface area (Å²) in [5, 5.41) is 21.1. The van der Waals surface area contributed by atoms with Gasteiger partial charge in [0.15, 0.2) is 5.82 Å². The number of nitrogens with one attached hydrogen (secondary N) is 2. The highest BCUT2D eigenvalue weighted by Gasteiger charge is 2.37. The summed E-state index contributed by atoms with van der Waals surface area (Å²) >= 11 is 0. The van der Waals surface area contributed by atoms with E-state index >= 15 is 0 Å². The molecule has 0 amide bonds. The van der Waals surface area contributed by atoms with Crippen LogP contribution in [0.15, 0.2) is 61.2 Å². The van der Waals surface area contributed by atoms with Gasteiger partial charge in [-0.05, 0) is 69.2 Å². The summed E-state index contributed by atoms with van der Waals surface area (Å²) in [7, 11) is -3.48. The van der Waals surface area contributed by atoms with Gasteiger partial charge in [0.25, 0.3) is 10.0 Å². The molecule has 250 valence electrons. The summed E-state index contributed by atoms with van der Waals surface area (Å²) in [5.41, 5.74) is 3.65. The number of anilines is 3. The van der Waals surface area contributed by atoms with E-state index in [2.05, 4.69) is 71.7 Å². The molecule has 0 atom stereocenters. The lowest BCUT2D eigenvalue weighted by Gasteiger charge is -2.34. The van der Waals surface area contributed by atoms with Gasteiger partial charge in [-0.1, -0.05) is 24.0 Å². The standard InChI is InChI=1S/C35H40N8O4S/c1-35(44)13-10-29(11-14-35)39-31-20-33(37-21-27(31)7-6-25-2-4-26(5-3-25)23-42-16-18-47-19-17-42)40-32-12-15-36-34(41-32)28-22-38-43(24-28)48(45,46)30-8-9-30/h2-5,12,15,20-22,24,29-30,44H,8-11,13-14,16-19,23H2,1H3,(H2,36,37,39,40,41). The van der Waals surface area contributed by atoms with Gasteiger partial charge in [0.2, 0.25) is 0 Å². The fraction of sp³-hybridized carbons (Fsp3) is 0.429. The second kappa shape index (κ2) is 13.6. The van der Waals surface area contributed by atoms with Crippen LogP contribution in [0.4, 0.5) is 17.3 Å². The molecule has 3 N–H and O–H groups in total. The number of aliphatic hydroxyl groups is 1. The number of ether oxygens (including phenoxy) is 1. The largest absolute Gasteiger partial charge is 0.390 e. The molecule has 4 aromatic rings. The Labute approximate surface area is 281 Å². The van der Waals surface area contributed by atoms with Gasteiger partial charge in [0, 0.05) is 49.7 Å². The van der Waals surface area contributed by atoms with E-state index in [9.17, 15) is 13.5 Å².